The van der Waals surface area contributed by atoms with Crippen molar-refractivity contribution in [1.29, 1.82) is 0 Å². The van der Waals surface area contributed by atoms with E-state index >= 15 is 0 Å². The van der Waals surface area contributed by atoms with Crippen molar-refractivity contribution in [1.82, 2.24) is 35.6 Å². The van der Waals surface area contributed by atoms with Gasteiger partial charge in [0.1, 0.15) is 17.8 Å². The van der Waals surface area contributed by atoms with E-state index in [9.17, 15) is 24.6 Å². The maximum Gasteiger partial charge on any atom is 0.246 e. The molecule has 6 rings (SSSR count). The maximum absolute atomic E-state index is 14.2. The molecule has 4 heterocycles. The molecule has 3 amide bonds. The third-order valence-electron chi connectivity index (χ3n) is 10.1. The van der Waals surface area contributed by atoms with Crippen LogP contribution >= 0.6 is 11.3 Å². The van der Waals surface area contributed by atoms with Gasteiger partial charge in [-0.05, 0) is 48.6 Å². The van der Waals surface area contributed by atoms with E-state index in [1.807, 2.05) is 81.4 Å². The number of phenolic OH excluding ortho intramolecular Hbond substituents is 1. The van der Waals surface area contributed by atoms with Crippen molar-refractivity contribution in [3.8, 4) is 27.4 Å². The quantitative estimate of drug-likeness (QED) is 0.160. The number of aromatic hydroxyl groups is 1. The van der Waals surface area contributed by atoms with Crippen LogP contribution in [0.25, 0.3) is 21.7 Å². The van der Waals surface area contributed by atoms with E-state index in [-0.39, 0.29) is 48.9 Å². The first-order valence-electron chi connectivity index (χ1n) is 18.2. The van der Waals surface area contributed by atoms with Crippen molar-refractivity contribution in [2.45, 2.75) is 65.3 Å². The molecule has 14 nitrogen and oxygen atoms in total. The fourth-order valence-corrected chi connectivity index (χ4v) is 7.85. The predicted octanol–water partition coefficient (Wildman–Crippen LogP) is 3.36. The van der Waals surface area contributed by atoms with Gasteiger partial charge < -0.3 is 36.4 Å². The summed E-state index contributed by atoms with van der Waals surface area (Å²) >= 11 is 1.58. The molecule has 2 aromatic heterocycles. The molecule has 4 atom stereocenters. The number of amides is 3. The summed E-state index contributed by atoms with van der Waals surface area (Å²) in [7, 11) is 0. The minimum Gasteiger partial charge on any atom is -0.507 e. The number of para-hydroxylation sites is 1. The first kappa shape index (κ1) is 38.6. The van der Waals surface area contributed by atoms with Crippen LogP contribution in [-0.2, 0) is 14.4 Å². The number of β-amino-alcohol motifs (C(OH)–C–C–N with tert-alkyl or cyclic N) is 1. The van der Waals surface area contributed by atoms with Gasteiger partial charge >= 0.3 is 0 Å². The van der Waals surface area contributed by atoms with E-state index in [1.165, 1.54) is 4.90 Å². The van der Waals surface area contributed by atoms with Crippen molar-refractivity contribution < 1.29 is 24.6 Å². The van der Waals surface area contributed by atoms with Crippen LogP contribution in [0.4, 0.5) is 11.5 Å². The molecular formula is C39H49N9O5S. The lowest BCUT2D eigenvalue weighted by molar-refractivity contribution is -0.144. The Morgan fingerprint density at radius 1 is 1.02 bits per heavy atom. The number of nitrogens with zero attached hydrogens (tertiary/aromatic N) is 6. The topological polar surface area (TPSA) is 190 Å². The average Bonchev–Trinajstić information content (AvgIpc) is 3.76. The van der Waals surface area contributed by atoms with Crippen molar-refractivity contribution in [2.75, 3.05) is 49.9 Å². The number of likely N-dealkylation sites (tertiary alicyclic amines) is 1. The number of benzene rings is 2. The first-order valence-corrected chi connectivity index (χ1v) is 19.0. The Morgan fingerprint density at radius 3 is 2.37 bits per heavy atom. The summed E-state index contributed by atoms with van der Waals surface area (Å²) in [6.45, 7) is 11.8. The number of hydrogen-bond acceptors (Lipinski definition) is 12. The normalized spacial score (nSPS) is 19.0. The van der Waals surface area contributed by atoms with Gasteiger partial charge in [-0.2, -0.15) is 0 Å². The summed E-state index contributed by atoms with van der Waals surface area (Å²) in [6.07, 6.45) is -0.761. The largest absolute Gasteiger partial charge is 0.507 e. The molecule has 6 N–H and O–H groups in total. The van der Waals surface area contributed by atoms with Gasteiger partial charge in [-0.25, -0.2) is 4.98 Å². The zero-order valence-corrected chi connectivity index (χ0v) is 32.1. The molecule has 286 valence electrons. The second-order valence-electron chi connectivity index (χ2n) is 15.2. The summed E-state index contributed by atoms with van der Waals surface area (Å²) in [5.41, 5.74) is 12.0. The minimum absolute atomic E-state index is 0.00277. The molecular weight excluding hydrogens is 707 g/mol. The third kappa shape index (κ3) is 8.64. The van der Waals surface area contributed by atoms with E-state index in [1.54, 1.807) is 29.5 Å². The number of phenols is 1. The number of aliphatic hydroxyl groups is 1. The molecule has 4 aromatic rings. The van der Waals surface area contributed by atoms with E-state index in [0.717, 1.165) is 21.7 Å². The van der Waals surface area contributed by atoms with E-state index in [0.29, 0.717) is 43.1 Å². The zero-order chi connectivity index (χ0) is 38.7. The highest BCUT2D eigenvalue weighted by Gasteiger charge is 2.45. The molecule has 0 radical (unpaired) electrons. The number of aromatic nitrogens is 3. The van der Waals surface area contributed by atoms with Crippen LogP contribution < -0.4 is 21.3 Å². The van der Waals surface area contributed by atoms with Crippen molar-refractivity contribution in [2.24, 2.45) is 5.41 Å². The number of nitrogens with two attached hydrogens (primary N) is 1. The fourth-order valence-electron chi connectivity index (χ4n) is 7.04. The molecule has 2 fully saturated rings. The molecule has 0 spiro atoms. The molecule has 0 aliphatic carbocycles. The van der Waals surface area contributed by atoms with E-state index in [2.05, 4.69) is 30.7 Å². The van der Waals surface area contributed by atoms with Crippen molar-refractivity contribution in [3.05, 3.63) is 71.4 Å². The Kier molecular flexibility index (Phi) is 11.5. The Morgan fingerprint density at radius 2 is 1.72 bits per heavy atom. The molecule has 0 bridgehead atoms. The summed E-state index contributed by atoms with van der Waals surface area (Å²) in [5, 5.41) is 35.2. The number of rotatable bonds is 10. The second kappa shape index (κ2) is 16.1. The van der Waals surface area contributed by atoms with E-state index in [4.69, 9.17) is 5.73 Å². The molecule has 0 saturated carbocycles. The molecule has 54 heavy (non-hydrogen) atoms. The van der Waals surface area contributed by atoms with Crippen LogP contribution in [0.15, 0.2) is 60.1 Å². The number of nitrogen functional groups attached to an aromatic ring is 1. The molecule has 2 aliphatic rings. The number of thiazole rings is 1. The molecule has 1 unspecified atom stereocenters. The van der Waals surface area contributed by atoms with E-state index < -0.39 is 29.5 Å². The van der Waals surface area contributed by atoms with Crippen LogP contribution in [0.5, 0.6) is 5.75 Å². The summed E-state index contributed by atoms with van der Waals surface area (Å²) in [4.78, 5) is 52.2. The van der Waals surface area contributed by atoms with Gasteiger partial charge in [0, 0.05) is 44.7 Å². The van der Waals surface area contributed by atoms with Crippen LogP contribution in [0.2, 0.25) is 0 Å². The smallest absolute Gasteiger partial charge is 0.246 e. The lowest BCUT2D eigenvalue weighted by Crippen LogP contribution is -2.59. The number of hydrogen-bond donors (Lipinski definition) is 5. The summed E-state index contributed by atoms with van der Waals surface area (Å²) in [6, 6.07) is 14.5. The van der Waals surface area contributed by atoms with Gasteiger partial charge in [-0.3, -0.25) is 19.3 Å². The number of piperazine rings is 1. The highest BCUT2D eigenvalue weighted by atomic mass is 32.1. The third-order valence-corrected chi connectivity index (χ3v) is 11.1. The number of anilines is 2. The van der Waals surface area contributed by atoms with Crippen LogP contribution in [0.1, 0.15) is 51.4 Å². The van der Waals surface area contributed by atoms with Gasteiger partial charge in [0.2, 0.25) is 17.7 Å². The van der Waals surface area contributed by atoms with Crippen LogP contribution in [0.3, 0.4) is 0 Å². The zero-order valence-electron chi connectivity index (χ0n) is 31.3. The Balaban J connectivity index is 1.06. The number of carbonyl (C=O) groups excluding carboxylic acids is 3. The van der Waals surface area contributed by atoms with Gasteiger partial charge in [0.05, 0.1) is 46.2 Å². The molecule has 2 aromatic carbocycles. The Hall–Kier alpha value is -5.12. The number of nitrogens with one attached hydrogen (secondary N) is 2. The molecule has 2 aliphatic heterocycles. The number of carbonyl (C=O) groups is 3. The fraction of sp³-hybridized carbons (Fsp3) is 0.436. The Labute approximate surface area is 319 Å². The van der Waals surface area contributed by atoms with Crippen LogP contribution in [-0.4, -0.2) is 110 Å². The van der Waals surface area contributed by atoms with Crippen molar-refractivity contribution >= 4 is 40.6 Å². The van der Waals surface area contributed by atoms with Crippen LogP contribution in [0, 0.1) is 12.3 Å². The predicted molar refractivity (Wildman–Crippen MR) is 209 cm³/mol. The Bertz CT molecular complexity index is 1970. The number of aliphatic hydroxyl groups excluding tert-OH is 1. The highest BCUT2D eigenvalue weighted by molar-refractivity contribution is 7.13. The number of aryl methyl sites for hydroxylation is 1. The van der Waals surface area contributed by atoms with Gasteiger partial charge in [-0.1, -0.05) is 57.2 Å². The molecule has 15 heteroatoms. The minimum atomic E-state index is -0.928. The monoisotopic (exact) mass is 755 g/mol. The van der Waals surface area contributed by atoms with Gasteiger partial charge in [0.25, 0.3) is 0 Å². The second-order valence-corrected chi connectivity index (χ2v) is 16.0. The lowest BCUT2D eigenvalue weighted by atomic mass is 9.85. The van der Waals surface area contributed by atoms with Gasteiger partial charge in [0.15, 0.2) is 5.82 Å². The standard InChI is InChI=1S/C39H49N9O5S/c1-23(25-10-12-26(13-11-25)34-24(2)41-22-54-34)42-37(52)31-18-27(49)20-48(31)38(53)35(39(3,4)5)43-33(51)21-46-14-16-47(17-15-46)30-19-29(44-45-36(30)40)28-8-6-7-9-32(28)50/h6-13,19,22-23,27,31,35,49-50H,14-18,20-21H2,1-5H3,(H2,40,45)(H,42,52)(H,43,51)/t23?,27-,31-,35+/m0/s1. The summed E-state index contributed by atoms with van der Waals surface area (Å²) < 4.78 is 0. The maximum atomic E-state index is 14.2. The lowest BCUT2D eigenvalue weighted by Gasteiger charge is -2.38. The highest BCUT2D eigenvalue weighted by Crippen LogP contribution is 2.32. The summed E-state index contributed by atoms with van der Waals surface area (Å²) in [5.74, 6) is -0.702. The molecule has 2 saturated heterocycles. The van der Waals surface area contributed by atoms with Gasteiger partial charge in [-0.15, -0.1) is 21.5 Å². The SMILES string of the molecule is Cc1ncsc1-c1ccc(C(C)NC(=O)[C@@H]2C[C@H](O)CN2C(=O)[C@@H](NC(=O)CN2CCN(c3cc(-c4ccccc4O)nnc3N)CC2)C(C)(C)C)cc1. The average molecular weight is 756 g/mol. The van der Waals surface area contributed by atoms with Crippen molar-refractivity contribution in [3.63, 3.8) is 0 Å². The first-order chi connectivity index (χ1) is 25.7.